The Labute approximate surface area is 164 Å². The Bertz CT molecular complexity index is 1010. The quantitative estimate of drug-likeness (QED) is 0.738. The van der Waals surface area contributed by atoms with Gasteiger partial charge in [-0.15, -0.1) is 0 Å². The Kier molecular flexibility index (Phi) is 5.17. The van der Waals surface area contributed by atoms with Gasteiger partial charge in [0.05, 0.1) is 6.20 Å². The average Bonchev–Trinajstić information content (AvgIpc) is 2.73. The summed E-state index contributed by atoms with van der Waals surface area (Å²) in [5.74, 6) is 0.692. The van der Waals surface area contributed by atoms with E-state index in [-0.39, 0.29) is 17.2 Å². The first kappa shape index (κ1) is 18.3. The zero-order valence-electron chi connectivity index (χ0n) is 15.9. The highest BCUT2D eigenvalue weighted by Crippen LogP contribution is 2.32. The SMILES string of the molecule is CC(c1ccccc1OCc1ccccc1)N1CCn2cc(O)c(=O)cc2C1. The normalized spacial score (nSPS) is 15.0. The summed E-state index contributed by atoms with van der Waals surface area (Å²) in [4.78, 5) is 14.1. The standard InChI is InChI=1S/C23H24N2O3/c1-17(24-11-12-25-15-22(27)21(26)13-19(25)14-24)20-9-5-6-10-23(20)28-16-18-7-3-2-4-8-18/h2-10,13,15,17,27H,11-12,14,16H2,1H3. The predicted molar refractivity (Wildman–Crippen MR) is 108 cm³/mol. The van der Waals surface area contributed by atoms with Gasteiger partial charge in [-0.05, 0) is 18.6 Å². The minimum atomic E-state index is -0.327. The summed E-state index contributed by atoms with van der Waals surface area (Å²) in [5.41, 5.74) is 2.86. The maximum absolute atomic E-state index is 11.8. The van der Waals surface area contributed by atoms with E-state index in [0.29, 0.717) is 13.2 Å². The van der Waals surface area contributed by atoms with Gasteiger partial charge in [-0.2, -0.15) is 0 Å². The molecule has 0 spiro atoms. The molecular weight excluding hydrogens is 352 g/mol. The lowest BCUT2D eigenvalue weighted by Crippen LogP contribution is -2.36. The van der Waals surface area contributed by atoms with Gasteiger partial charge in [0, 0.05) is 43.0 Å². The number of nitrogens with zero attached hydrogens (tertiary/aromatic N) is 2. The number of hydrogen-bond donors (Lipinski definition) is 1. The summed E-state index contributed by atoms with van der Waals surface area (Å²) >= 11 is 0. The molecule has 3 aromatic rings. The van der Waals surface area contributed by atoms with Crippen molar-refractivity contribution in [3.05, 3.63) is 93.9 Å². The van der Waals surface area contributed by atoms with Crippen LogP contribution in [0.5, 0.6) is 11.5 Å². The van der Waals surface area contributed by atoms with E-state index in [9.17, 15) is 9.90 Å². The summed E-state index contributed by atoms with van der Waals surface area (Å²) in [7, 11) is 0. The minimum absolute atomic E-state index is 0.143. The number of fused-ring (bicyclic) bond motifs is 1. The average molecular weight is 376 g/mol. The molecule has 1 aromatic heterocycles. The molecular formula is C23H24N2O3. The van der Waals surface area contributed by atoms with E-state index < -0.39 is 0 Å². The fourth-order valence-electron chi connectivity index (χ4n) is 3.69. The van der Waals surface area contributed by atoms with E-state index in [2.05, 4.69) is 30.0 Å². The van der Waals surface area contributed by atoms with Crippen molar-refractivity contribution in [3.8, 4) is 11.5 Å². The summed E-state index contributed by atoms with van der Waals surface area (Å²) in [6.45, 7) is 4.93. The molecule has 0 fully saturated rings. The Morgan fingerprint density at radius 3 is 2.64 bits per heavy atom. The maximum Gasteiger partial charge on any atom is 0.223 e. The minimum Gasteiger partial charge on any atom is -0.503 e. The van der Waals surface area contributed by atoms with Gasteiger partial charge in [-0.25, -0.2) is 0 Å². The molecule has 5 heteroatoms. The van der Waals surface area contributed by atoms with Crippen LogP contribution in [0, 0.1) is 0 Å². The molecule has 144 valence electrons. The largest absolute Gasteiger partial charge is 0.503 e. The van der Waals surface area contributed by atoms with Crippen molar-refractivity contribution in [1.82, 2.24) is 9.47 Å². The number of benzene rings is 2. The fourth-order valence-corrected chi connectivity index (χ4v) is 3.69. The number of aromatic hydroxyl groups is 1. The van der Waals surface area contributed by atoms with Crippen LogP contribution in [-0.2, 0) is 19.7 Å². The third-order valence-corrected chi connectivity index (χ3v) is 5.34. The molecule has 1 N–H and O–H groups in total. The number of ether oxygens (including phenoxy) is 1. The molecule has 0 bridgehead atoms. The smallest absolute Gasteiger partial charge is 0.223 e. The van der Waals surface area contributed by atoms with Crippen LogP contribution in [0.1, 0.15) is 29.8 Å². The van der Waals surface area contributed by atoms with Crippen molar-refractivity contribution < 1.29 is 9.84 Å². The number of pyridine rings is 1. The third-order valence-electron chi connectivity index (χ3n) is 5.34. The van der Waals surface area contributed by atoms with Gasteiger partial charge in [-0.1, -0.05) is 48.5 Å². The highest BCUT2D eigenvalue weighted by atomic mass is 16.5. The highest BCUT2D eigenvalue weighted by molar-refractivity contribution is 5.36. The summed E-state index contributed by atoms with van der Waals surface area (Å²) in [5, 5.41) is 9.65. The highest BCUT2D eigenvalue weighted by Gasteiger charge is 2.24. The first-order valence-electron chi connectivity index (χ1n) is 9.54. The molecule has 0 saturated heterocycles. The summed E-state index contributed by atoms with van der Waals surface area (Å²) in [6.07, 6.45) is 1.54. The molecule has 28 heavy (non-hydrogen) atoms. The van der Waals surface area contributed by atoms with Crippen LogP contribution in [0.15, 0.2) is 71.7 Å². The van der Waals surface area contributed by atoms with Crippen LogP contribution in [0.2, 0.25) is 0 Å². The van der Waals surface area contributed by atoms with Gasteiger partial charge >= 0.3 is 0 Å². The Hall–Kier alpha value is -3.05. The van der Waals surface area contributed by atoms with Crippen molar-refractivity contribution in [2.75, 3.05) is 6.54 Å². The van der Waals surface area contributed by atoms with Gasteiger partial charge in [0.1, 0.15) is 12.4 Å². The Morgan fingerprint density at radius 2 is 1.82 bits per heavy atom. The zero-order valence-corrected chi connectivity index (χ0v) is 15.9. The molecule has 0 saturated carbocycles. The van der Waals surface area contributed by atoms with E-state index in [1.807, 2.05) is 41.0 Å². The second kappa shape index (κ2) is 7.90. The number of para-hydroxylation sites is 1. The van der Waals surface area contributed by atoms with Gasteiger partial charge < -0.3 is 14.4 Å². The first-order chi connectivity index (χ1) is 13.6. The van der Waals surface area contributed by atoms with E-state index in [0.717, 1.165) is 35.7 Å². The zero-order chi connectivity index (χ0) is 19.5. The lowest BCUT2D eigenvalue weighted by Gasteiger charge is -2.35. The number of aromatic nitrogens is 1. The Balaban J connectivity index is 1.53. The molecule has 4 rings (SSSR count). The second-order valence-corrected chi connectivity index (χ2v) is 7.17. The van der Waals surface area contributed by atoms with Crippen molar-refractivity contribution in [2.45, 2.75) is 32.7 Å². The molecule has 0 amide bonds. The number of rotatable bonds is 5. The molecule has 1 atom stereocenters. The first-order valence-corrected chi connectivity index (χ1v) is 9.54. The lowest BCUT2D eigenvalue weighted by molar-refractivity contribution is 0.160. The van der Waals surface area contributed by atoms with Crippen LogP contribution in [0.4, 0.5) is 0 Å². The van der Waals surface area contributed by atoms with Crippen LogP contribution in [0.3, 0.4) is 0 Å². The summed E-state index contributed by atoms with van der Waals surface area (Å²) < 4.78 is 8.08. The fraction of sp³-hybridized carbons (Fsp3) is 0.261. The van der Waals surface area contributed by atoms with Crippen LogP contribution >= 0.6 is 0 Å². The molecule has 1 aliphatic rings. The van der Waals surface area contributed by atoms with Gasteiger partial charge in [0.25, 0.3) is 0 Å². The van der Waals surface area contributed by atoms with E-state index in [4.69, 9.17) is 4.74 Å². The summed E-state index contributed by atoms with van der Waals surface area (Å²) in [6, 6.07) is 19.9. The van der Waals surface area contributed by atoms with Crippen LogP contribution in [0.25, 0.3) is 0 Å². The topological polar surface area (TPSA) is 54.7 Å². The molecule has 0 radical (unpaired) electrons. The van der Waals surface area contributed by atoms with Crippen LogP contribution < -0.4 is 10.2 Å². The molecule has 2 heterocycles. The number of hydrogen-bond acceptors (Lipinski definition) is 4. The molecule has 5 nitrogen and oxygen atoms in total. The predicted octanol–water partition coefficient (Wildman–Crippen LogP) is 3.71. The third kappa shape index (κ3) is 3.80. The van der Waals surface area contributed by atoms with E-state index in [1.54, 1.807) is 0 Å². The monoisotopic (exact) mass is 376 g/mol. The maximum atomic E-state index is 11.8. The molecule has 2 aromatic carbocycles. The Morgan fingerprint density at radius 1 is 1.07 bits per heavy atom. The molecule has 1 unspecified atom stereocenters. The van der Waals surface area contributed by atoms with Crippen molar-refractivity contribution in [3.63, 3.8) is 0 Å². The van der Waals surface area contributed by atoms with Gasteiger partial charge in [0.15, 0.2) is 5.75 Å². The molecule has 0 aliphatic carbocycles. The van der Waals surface area contributed by atoms with E-state index >= 15 is 0 Å². The van der Waals surface area contributed by atoms with Crippen molar-refractivity contribution >= 4 is 0 Å². The second-order valence-electron chi connectivity index (χ2n) is 7.17. The molecule has 1 aliphatic heterocycles. The van der Waals surface area contributed by atoms with Gasteiger partial charge in [-0.3, -0.25) is 9.69 Å². The van der Waals surface area contributed by atoms with Crippen LogP contribution in [-0.4, -0.2) is 21.1 Å². The van der Waals surface area contributed by atoms with Crippen molar-refractivity contribution in [1.29, 1.82) is 0 Å². The van der Waals surface area contributed by atoms with Gasteiger partial charge in [0.2, 0.25) is 5.43 Å². The van der Waals surface area contributed by atoms with E-state index in [1.165, 1.54) is 12.3 Å². The van der Waals surface area contributed by atoms with Crippen molar-refractivity contribution in [2.24, 2.45) is 0 Å². The lowest BCUT2D eigenvalue weighted by atomic mass is 10.0.